The molecular formula is C10H12N4O4. The Bertz CT molecular complexity index is 499. The van der Waals surface area contributed by atoms with Crippen LogP contribution in [0.3, 0.4) is 0 Å². The van der Waals surface area contributed by atoms with Crippen molar-refractivity contribution in [2.45, 2.75) is 12.6 Å². The highest BCUT2D eigenvalue weighted by Crippen LogP contribution is 2.26. The van der Waals surface area contributed by atoms with Crippen LogP contribution in [0.5, 0.6) is 0 Å². The van der Waals surface area contributed by atoms with Crippen LogP contribution in [-0.2, 0) is 6.54 Å². The zero-order valence-electron chi connectivity index (χ0n) is 9.48. The van der Waals surface area contributed by atoms with E-state index in [-0.39, 0.29) is 17.4 Å². The number of hydrogen-bond acceptors (Lipinski definition) is 6. The SMILES string of the molecule is NC1CN(Cc2ccc([N+](=O)[O-])cc2[N+](=O)[O-])C1. The first-order valence-corrected chi connectivity index (χ1v) is 5.37. The van der Waals surface area contributed by atoms with Gasteiger partial charge in [0.15, 0.2) is 0 Å². The predicted octanol–water partition coefficient (Wildman–Crippen LogP) is 0.646. The van der Waals surface area contributed by atoms with E-state index in [0.717, 1.165) is 6.07 Å². The van der Waals surface area contributed by atoms with Crippen molar-refractivity contribution in [3.63, 3.8) is 0 Å². The highest BCUT2D eigenvalue weighted by atomic mass is 16.6. The van der Waals surface area contributed by atoms with Gasteiger partial charge < -0.3 is 5.73 Å². The molecule has 8 heteroatoms. The van der Waals surface area contributed by atoms with Crippen molar-refractivity contribution in [3.05, 3.63) is 44.0 Å². The maximum absolute atomic E-state index is 10.9. The Balaban J connectivity index is 2.23. The molecule has 1 heterocycles. The van der Waals surface area contributed by atoms with Crippen LogP contribution in [0.1, 0.15) is 5.56 Å². The summed E-state index contributed by atoms with van der Waals surface area (Å²) in [5.74, 6) is 0. The quantitative estimate of drug-likeness (QED) is 0.621. The summed E-state index contributed by atoms with van der Waals surface area (Å²) in [5.41, 5.74) is 5.60. The highest BCUT2D eigenvalue weighted by molar-refractivity contribution is 5.49. The van der Waals surface area contributed by atoms with E-state index in [4.69, 9.17) is 5.73 Å². The standard InChI is InChI=1S/C10H12N4O4/c11-8-5-12(6-8)4-7-1-2-9(13(15)16)3-10(7)14(17)18/h1-3,8H,4-6,11H2. The molecule has 0 amide bonds. The van der Waals surface area contributed by atoms with Gasteiger partial charge in [-0.25, -0.2) is 0 Å². The molecule has 8 nitrogen and oxygen atoms in total. The summed E-state index contributed by atoms with van der Waals surface area (Å²) in [4.78, 5) is 22.2. The largest absolute Gasteiger partial charge is 0.325 e. The lowest BCUT2D eigenvalue weighted by Crippen LogP contribution is -2.54. The number of non-ortho nitro benzene ring substituents is 1. The third-order valence-electron chi connectivity index (χ3n) is 2.86. The minimum Gasteiger partial charge on any atom is -0.325 e. The Morgan fingerprint density at radius 2 is 1.94 bits per heavy atom. The lowest BCUT2D eigenvalue weighted by Gasteiger charge is -2.36. The number of hydrogen-bond donors (Lipinski definition) is 1. The van der Waals surface area contributed by atoms with E-state index in [0.29, 0.717) is 25.2 Å². The second-order valence-electron chi connectivity index (χ2n) is 4.28. The van der Waals surface area contributed by atoms with E-state index in [1.807, 2.05) is 4.90 Å². The molecule has 0 bridgehead atoms. The zero-order valence-corrected chi connectivity index (χ0v) is 9.48. The number of nitro groups is 2. The first-order chi connectivity index (χ1) is 8.47. The van der Waals surface area contributed by atoms with Crippen molar-refractivity contribution in [2.75, 3.05) is 13.1 Å². The number of likely N-dealkylation sites (tertiary alicyclic amines) is 1. The molecule has 1 aromatic rings. The first kappa shape index (κ1) is 12.4. The average molecular weight is 252 g/mol. The van der Waals surface area contributed by atoms with Crippen LogP contribution in [0.25, 0.3) is 0 Å². The Labute approximate surface area is 102 Å². The minimum absolute atomic E-state index is 0.113. The number of nitrogens with two attached hydrogens (primary N) is 1. The number of benzene rings is 1. The molecular weight excluding hydrogens is 240 g/mol. The predicted molar refractivity (Wildman–Crippen MR) is 63.0 cm³/mol. The molecule has 0 atom stereocenters. The molecule has 2 rings (SSSR count). The van der Waals surface area contributed by atoms with Crippen LogP contribution in [0.2, 0.25) is 0 Å². The molecule has 18 heavy (non-hydrogen) atoms. The number of nitro benzene ring substituents is 2. The topological polar surface area (TPSA) is 116 Å². The van der Waals surface area contributed by atoms with Gasteiger partial charge >= 0.3 is 0 Å². The lowest BCUT2D eigenvalue weighted by molar-refractivity contribution is -0.394. The van der Waals surface area contributed by atoms with Gasteiger partial charge in [0.1, 0.15) is 0 Å². The van der Waals surface area contributed by atoms with E-state index < -0.39 is 9.85 Å². The van der Waals surface area contributed by atoms with E-state index in [9.17, 15) is 20.2 Å². The van der Waals surface area contributed by atoms with Gasteiger partial charge in [0, 0.05) is 37.3 Å². The van der Waals surface area contributed by atoms with E-state index in [1.54, 1.807) is 0 Å². The summed E-state index contributed by atoms with van der Waals surface area (Å²) in [6.07, 6.45) is 0. The second-order valence-corrected chi connectivity index (χ2v) is 4.28. The Hall–Kier alpha value is -2.06. The van der Waals surface area contributed by atoms with Crippen molar-refractivity contribution in [3.8, 4) is 0 Å². The van der Waals surface area contributed by atoms with Crippen LogP contribution in [-0.4, -0.2) is 33.9 Å². The summed E-state index contributed by atoms with van der Waals surface area (Å²) in [7, 11) is 0. The fourth-order valence-corrected chi connectivity index (χ4v) is 1.95. The van der Waals surface area contributed by atoms with Gasteiger partial charge in [0.05, 0.1) is 15.9 Å². The molecule has 0 unspecified atom stereocenters. The molecule has 0 aliphatic carbocycles. The van der Waals surface area contributed by atoms with Gasteiger partial charge in [-0.05, 0) is 6.07 Å². The van der Waals surface area contributed by atoms with Crippen molar-refractivity contribution in [2.24, 2.45) is 5.73 Å². The Morgan fingerprint density at radius 1 is 1.28 bits per heavy atom. The molecule has 2 N–H and O–H groups in total. The van der Waals surface area contributed by atoms with Crippen molar-refractivity contribution < 1.29 is 9.85 Å². The van der Waals surface area contributed by atoms with Crippen molar-refractivity contribution in [1.82, 2.24) is 4.90 Å². The summed E-state index contributed by atoms with van der Waals surface area (Å²) in [5, 5.41) is 21.5. The molecule has 1 aliphatic heterocycles. The third-order valence-corrected chi connectivity index (χ3v) is 2.86. The molecule has 96 valence electrons. The highest BCUT2D eigenvalue weighted by Gasteiger charge is 2.26. The maximum atomic E-state index is 10.9. The van der Waals surface area contributed by atoms with Crippen LogP contribution in [0, 0.1) is 20.2 Å². The van der Waals surface area contributed by atoms with Crippen LogP contribution < -0.4 is 5.73 Å². The fourth-order valence-electron chi connectivity index (χ4n) is 1.95. The summed E-state index contributed by atoms with van der Waals surface area (Å²) < 4.78 is 0. The number of rotatable bonds is 4. The monoisotopic (exact) mass is 252 g/mol. The van der Waals surface area contributed by atoms with Crippen molar-refractivity contribution >= 4 is 11.4 Å². The van der Waals surface area contributed by atoms with Crippen LogP contribution >= 0.6 is 0 Å². The second kappa shape index (κ2) is 4.67. The molecule has 1 fully saturated rings. The summed E-state index contributed by atoms with van der Waals surface area (Å²) >= 11 is 0. The molecule has 0 aromatic heterocycles. The van der Waals surface area contributed by atoms with Crippen LogP contribution in [0.15, 0.2) is 18.2 Å². The minimum atomic E-state index is -0.643. The normalized spacial score (nSPS) is 16.3. The zero-order chi connectivity index (χ0) is 13.3. The van der Waals surface area contributed by atoms with Gasteiger partial charge in [-0.1, -0.05) is 0 Å². The van der Waals surface area contributed by atoms with Gasteiger partial charge in [0.2, 0.25) is 0 Å². The lowest BCUT2D eigenvalue weighted by atomic mass is 10.1. The third kappa shape index (κ3) is 2.44. The molecule has 1 saturated heterocycles. The molecule has 0 spiro atoms. The van der Waals surface area contributed by atoms with Crippen LogP contribution in [0.4, 0.5) is 11.4 Å². The molecule has 1 aliphatic rings. The van der Waals surface area contributed by atoms with Gasteiger partial charge in [-0.3, -0.25) is 25.1 Å². The maximum Gasteiger partial charge on any atom is 0.280 e. The van der Waals surface area contributed by atoms with E-state index in [1.165, 1.54) is 12.1 Å². The smallest absolute Gasteiger partial charge is 0.280 e. The van der Waals surface area contributed by atoms with E-state index >= 15 is 0 Å². The molecule has 0 saturated carbocycles. The Morgan fingerprint density at radius 3 is 2.44 bits per heavy atom. The van der Waals surface area contributed by atoms with Gasteiger partial charge in [0.25, 0.3) is 11.4 Å². The molecule has 0 radical (unpaired) electrons. The Kier molecular flexibility index (Phi) is 3.21. The van der Waals surface area contributed by atoms with E-state index in [2.05, 4.69) is 0 Å². The van der Waals surface area contributed by atoms with Gasteiger partial charge in [-0.2, -0.15) is 0 Å². The average Bonchev–Trinajstić information content (AvgIpc) is 2.26. The number of nitrogens with zero attached hydrogens (tertiary/aromatic N) is 3. The summed E-state index contributed by atoms with van der Waals surface area (Å²) in [6, 6.07) is 3.82. The fraction of sp³-hybridized carbons (Fsp3) is 0.400. The summed E-state index contributed by atoms with van der Waals surface area (Å²) in [6.45, 7) is 1.77. The van der Waals surface area contributed by atoms with Crippen molar-refractivity contribution in [1.29, 1.82) is 0 Å². The first-order valence-electron chi connectivity index (χ1n) is 5.37. The molecule has 1 aromatic carbocycles. The van der Waals surface area contributed by atoms with Gasteiger partial charge in [-0.15, -0.1) is 0 Å².